The number of aromatic carboxylic acids is 1. The predicted molar refractivity (Wildman–Crippen MR) is 55.9 cm³/mol. The molecule has 1 heterocycles. The molecule has 1 N–H and O–H groups in total. The maximum Gasteiger partial charge on any atom is 0.358 e. The van der Waals surface area contributed by atoms with E-state index in [1.807, 2.05) is 0 Å². The number of carbonyl (C=O) groups is 1. The molecule has 88 valence electrons. The molecule has 0 unspecified atom stereocenters. The zero-order valence-electron chi connectivity index (χ0n) is 8.06. The van der Waals surface area contributed by atoms with Crippen molar-refractivity contribution >= 4 is 21.9 Å². The minimum atomic E-state index is -1.28. The largest absolute Gasteiger partial charge is 0.476 e. The van der Waals surface area contributed by atoms with Gasteiger partial charge in [-0.25, -0.2) is 18.3 Å². The van der Waals surface area contributed by atoms with Crippen LogP contribution < -0.4 is 0 Å². The van der Waals surface area contributed by atoms with Gasteiger partial charge < -0.3 is 5.11 Å². The highest BCUT2D eigenvalue weighted by Crippen LogP contribution is 2.24. The fraction of sp³-hybridized carbons (Fsp3) is 0. The summed E-state index contributed by atoms with van der Waals surface area (Å²) < 4.78 is 27.4. The van der Waals surface area contributed by atoms with Gasteiger partial charge >= 0.3 is 5.97 Å². The van der Waals surface area contributed by atoms with E-state index in [4.69, 9.17) is 5.11 Å². The number of hydrogen-bond donors (Lipinski definition) is 1. The lowest BCUT2D eigenvalue weighted by Crippen LogP contribution is -2.01. The minimum Gasteiger partial charge on any atom is -0.476 e. The van der Waals surface area contributed by atoms with E-state index in [2.05, 4.69) is 26.2 Å². The Hall–Kier alpha value is -1.83. The molecular weight excluding hydrogens is 300 g/mol. The SMILES string of the molecule is O=C(O)c1cn(-c2c(F)cc(F)cc2Br)nn1. The molecule has 0 saturated heterocycles. The van der Waals surface area contributed by atoms with Gasteiger partial charge in [-0.15, -0.1) is 5.10 Å². The molecule has 5 nitrogen and oxygen atoms in total. The van der Waals surface area contributed by atoms with Crippen LogP contribution in [0.4, 0.5) is 8.78 Å². The Balaban J connectivity index is 2.56. The van der Waals surface area contributed by atoms with Crippen LogP contribution in [0.15, 0.2) is 22.8 Å². The molecule has 0 aliphatic rings. The third-order valence-electron chi connectivity index (χ3n) is 1.92. The molecule has 2 rings (SSSR count). The van der Waals surface area contributed by atoms with Crippen molar-refractivity contribution in [2.45, 2.75) is 0 Å². The average Bonchev–Trinajstić information content (AvgIpc) is 2.65. The lowest BCUT2D eigenvalue weighted by molar-refractivity contribution is 0.0690. The van der Waals surface area contributed by atoms with Crippen molar-refractivity contribution in [1.82, 2.24) is 15.0 Å². The van der Waals surface area contributed by atoms with Crippen molar-refractivity contribution in [2.24, 2.45) is 0 Å². The first kappa shape index (κ1) is 11.6. The van der Waals surface area contributed by atoms with Crippen molar-refractivity contribution in [3.8, 4) is 5.69 Å². The third kappa shape index (κ3) is 2.16. The Kier molecular flexibility index (Phi) is 2.88. The predicted octanol–water partition coefficient (Wildman–Crippen LogP) is 2.01. The van der Waals surface area contributed by atoms with Gasteiger partial charge in [0.2, 0.25) is 0 Å². The van der Waals surface area contributed by atoms with E-state index in [0.29, 0.717) is 6.07 Å². The van der Waals surface area contributed by atoms with Crippen LogP contribution in [0.1, 0.15) is 10.5 Å². The number of hydrogen-bond acceptors (Lipinski definition) is 3. The Labute approximate surface area is 102 Å². The lowest BCUT2D eigenvalue weighted by Gasteiger charge is -2.04. The van der Waals surface area contributed by atoms with E-state index in [-0.39, 0.29) is 15.9 Å². The highest BCUT2D eigenvalue weighted by Gasteiger charge is 2.15. The number of nitrogens with zero attached hydrogens (tertiary/aromatic N) is 3. The molecule has 0 bridgehead atoms. The molecule has 0 spiro atoms. The fourth-order valence-electron chi connectivity index (χ4n) is 1.22. The van der Waals surface area contributed by atoms with Crippen LogP contribution in [0.5, 0.6) is 0 Å². The summed E-state index contributed by atoms with van der Waals surface area (Å²) in [6.45, 7) is 0. The molecule has 0 aliphatic heterocycles. The van der Waals surface area contributed by atoms with Gasteiger partial charge in [-0.3, -0.25) is 0 Å². The number of carboxylic acid groups (broad SMARTS) is 1. The van der Waals surface area contributed by atoms with Gasteiger partial charge in [0.05, 0.1) is 6.20 Å². The monoisotopic (exact) mass is 303 g/mol. The molecule has 8 heteroatoms. The molecule has 0 saturated carbocycles. The number of aromatic nitrogens is 3. The van der Waals surface area contributed by atoms with Crippen molar-refractivity contribution < 1.29 is 18.7 Å². The van der Waals surface area contributed by atoms with E-state index in [1.54, 1.807) is 0 Å². The van der Waals surface area contributed by atoms with Gasteiger partial charge in [0, 0.05) is 10.5 Å². The molecule has 2 aromatic rings. The van der Waals surface area contributed by atoms with Crippen LogP contribution in [0.2, 0.25) is 0 Å². The van der Waals surface area contributed by atoms with E-state index in [9.17, 15) is 13.6 Å². The van der Waals surface area contributed by atoms with E-state index in [1.165, 1.54) is 0 Å². The summed E-state index contributed by atoms with van der Waals surface area (Å²) in [5.74, 6) is -2.91. The molecule has 1 aromatic carbocycles. The Bertz CT molecular complexity index is 577. The first-order chi connectivity index (χ1) is 7.99. The Morgan fingerprint density at radius 3 is 2.65 bits per heavy atom. The van der Waals surface area contributed by atoms with Crippen LogP contribution in [0.3, 0.4) is 0 Å². The van der Waals surface area contributed by atoms with Crippen molar-refractivity contribution in [1.29, 1.82) is 0 Å². The molecule has 0 radical (unpaired) electrons. The van der Waals surface area contributed by atoms with Crippen LogP contribution >= 0.6 is 15.9 Å². The second kappa shape index (κ2) is 4.21. The van der Waals surface area contributed by atoms with Crippen molar-refractivity contribution in [2.75, 3.05) is 0 Å². The van der Waals surface area contributed by atoms with Gasteiger partial charge in [0.15, 0.2) is 11.5 Å². The maximum absolute atomic E-state index is 13.5. The number of rotatable bonds is 2. The average molecular weight is 304 g/mol. The molecule has 1 aromatic heterocycles. The second-order valence-corrected chi connectivity index (χ2v) is 3.93. The van der Waals surface area contributed by atoms with Crippen LogP contribution in [0.25, 0.3) is 5.69 Å². The van der Waals surface area contributed by atoms with Gasteiger partial charge in [0.25, 0.3) is 0 Å². The van der Waals surface area contributed by atoms with Gasteiger partial charge in [-0.1, -0.05) is 5.21 Å². The quantitative estimate of drug-likeness (QED) is 0.921. The maximum atomic E-state index is 13.5. The Morgan fingerprint density at radius 1 is 1.41 bits per heavy atom. The molecule has 0 amide bonds. The first-order valence-electron chi connectivity index (χ1n) is 4.29. The highest BCUT2D eigenvalue weighted by molar-refractivity contribution is 9.10. The molecule has 0 fully saturated rings. The zero-order valence-corrected chi connectivity index (χ0v) is 9.65. The van der Waals surface area contributed by atoms with E-state index < -0.39 is 17.6 Å². The summed E-state index contributed by atoms with van der Waals surface area (Å²) in [6.07, 6.45) is 1.03. The summed E-state index contributed by atoms with van der Waals surface area (Å²) in [6, 6.07) is 1.71. The second-order valence-electron chi connectivity index (χ2n) is 3.07. The number of carboxylic acids is 1. The molecular formula is C9H4BrF2N3O2. The topological polar surface area (TPSA) is 68.0 Å². The third-order valence-corrected chi connectivity index (χ3v) is 2.53. The smallest absolute Gasteiger partial charge is 0.358 e. The van der Waals surface area contributed by atoms with Crippen LogP contribution in [-0.4, -0.2) is 26.1 Å². The number of halogens is 3. The number of benzene rings is 1. The minimum absolute atomic E-state index is 0.105. The fourth-order valence-corrected chi connectivity index (χ4v) is 1.81. The van der Waals surface area contributed by atoms with E-state index >= 15 is 0 Å². The Morgan fingerprint density at radius 2 is 2.12 bits per heavy atom. The lowest BCUT2D eigenvalue weighted by atomic mass is 10.3. The van der Waals surface area contributed by atoms with E-state index in [0.717, 1.165) is 16.9 Å². The van der Waals surface area contributed by atoms with Gasteiger partial charge in [0.1, 0.15) is 11.5 Å². The summed E-state index contributed by atoms with van der Waals surface area (Å²) in [7, 11) is 0. The van der Waals surface area contributed by atoms with Crippen LogP contribution in [-0.2, 0) is 0 Å². The normalized spacial score (nSPS) is 10.5. The molecule has 0 atom stereocenters. The summed E-state index contributed by atoms with van der Waals surface area (Å²) in [5.41, 5.74) is -0.438. The van der Waals surface area contributed by atoms with Crippen molar-refractivity contribution in [3.05, 3.63) is 40.1 Å². The van der Waals surface area contributed by atoms with Gasteiger partial charge in [-0.05, 0) is 22.0 Å². The van der Waals surface area contributed by atoms with Crippen molar-refractivity contribution in [3.63, 3.8) is 0 Å². The summed E-state index contributed by atoms with van der Waals surface area (Å²) in [4.78, 5) is 10.6. The molecule has 0 aliphatic carbocycles. The summed E-state index contributed by atoms with van der Waals surface area (Å²) in [5, 5.41) is 15.4. The standard InChI is InChI=1S/C9H4BrF2N3O2/c10-5-1-4(11)2-6(12)8(5)15-3-7(9(16)17)13-14-15/h1-3H,(H,16,17). The van der Waals surface area contributed by atoms with Gasteiger partial charge in [-0.2, -0.15) is 0 Å². The highest BCUT2D eigenvalue weighted by atomic mass is 79.9. The first-order valence-corrected chi connectivity index (χ1v) is 5.09. The summed E-state index contributed by atoms with van der Waals surface area (Å²) >= 11 is 2.96. The zero-order chi connectivity index (χ0) is 12.6. The molecule has 17 heavy (non-hydrogen) atoms. The van der Waals surface area contributed by atoms with Crippen LogP contribution in [0, 0.1) is 11.6 Å².